The number of carbonyl (C=O) groups is 5. The third kappa shape index (κ3) is 6.82. The number of allylic oxidation sites excluding steroid dienone is 2. The summed E-state index contributed by atoms with van der Waals surface area (Å²) in [5, 5.41) is 26.7. The van der Waals surface area contributed by atoms with Crippen LogP contribution in [0.5, 0.6) is 0 Å². The summed E-state index contributed by atoms with van der Waals surface area (Å²) in [4.78, 5) is 65.4. The molecule has 0 aromatic heterocycles. The van der Waals surface area contributed by atoms with Crippen LogP contribution in [0.4, 0.5) is 5.69 Å². The van der Waals surface area contributed by atoms with Crippen molar-refractivity contribution in [3.8, 4) is 0 Å². The van der Waals surface area contributed by atoms with Gasteiger partial charge in [0.1, 0.15) is 12.1 Å². The number of aliphatic hydroxyl groups excluding tert-OH is 1. The molecule has 1 saturated heterocycles. The van der Waals surface area contributed by atoms with Gasteiger partial charge in [-0.2, -0.15) is 0 Å². The highest BCUT2D eigenvalue weighted by Crippen LogP contribution is 2.43. The number of aliphatic hydroxyl groups is 1. The molecule has 1 aromatic carbocycles. The summed E-state index contributed by atoms with van der Waals surface area (Å²) in [5.41, 5.74) is 0.225. The number of benzene rings is 1. The number of nitrogens with zero attached hydrogens (tertiary/aromatic N) is 1. The van der Waals surface area contributed by atoms with Crippen molar-refractivity contribution in [2.24, 2.45) is 17.3 Å². The first-order chi connectivity index (χ1) is 18.6. The average molecular weight is 577 g/mol. The van der Waals surface area contributed by atoms with Crippen molar-refractivity contribution in [2.75, 3.05) is 11.9 Å². The number of hydrogen-bond donors (Lipinski definition) is 5. The number of nitrogens with one attached hydrogen (secondary N) is 3. The van der Waals surface area contributed by atoms with Crippen LogP contribution in [0.15, 0.2) is 30.0 Å². The number of fused-ring (bicyclic) bond motifs is 2. The second kappa shape index (κ2) is 12.4. The van der Waals surface area contributed by atoms with Crippen molar-refractivity contribution in [1.29, 1.82) is 0 Å². The molecule has 5 N–H and O–H groups in total. The Kier molecular flexibility index (Phi) is 9.63. The SMILES string of the molecule is CC(C)C(=O)Nc1cccc(C(=O)NC(C(=O)N2C3=CCC(C3)[C@H]2C(=O)NC(CO)CC(=O)O)C(C)(C)C)c1Cl. The fourth-order valence-corrected chi connectivity index (χ4v) is 5.15. The normalized spacial score (nSPS) is 19.6. The van der Waals surface area contributed by atoms with Gasteiger partial charge in [-0.1, -0.05) is 58.4 Å². The zero-order chi connectivity index (χ0) is 29.9. The number of rotatable bonds is 10. The van der Waals surface area contributed by atoms with Crippen molar-refractivity contribution >= 4 is 46.9 Å². The first-order valence-corrected chi connectivity index (χ1v) is 13.6. The number of aliphatic carboxylic acids is 1. The van der Waals surface area contributed by atoms with E-state index in [1.54, 1.807) is 46.8 Å². The molecule has 11 nitrogen and oxygen atoms in total. The van der Waals surface area contributed by atoms with Crippen molar-refractivity contribution < 1.29 is 34.2 Å². The maximum absolute atomic E-state index is 14.0. The molecule has 3 unspecified atom stereocenters. The first kappa shape index (κ1) is 31.1. The van der Waals surface area contributed by atoms with Gasteiger partial charge in [-0.05, 0) is 36.3 Å². The van der Waals surface area contributed by atoms with E-state index < -0.39 is 60.3 Å². The molecule has 1 heterocycles. The lowest BCUT2D eigenvalue weighted by Crippen LogP contribution is -2.59. The lowest BCUT2D eigenvalue weighted by molar-refractivity contribution is -0.143. The van der Waals surface area contributed by atoms with Crippen LogP contribution in [0.25, 0.3) is 0 Å². The molecule has 0 saturated carbocycles. The molecule has 218 valence electrons. The van der Waals surface area contributed by atoms with Crippen molar-refractivity contribution in [1.82, 2.24) is 15.5 Å². The number of carboxylic acid groups (broad SMARTS) is 1. The van der Waals surface area contributed by atoms with Crippen LogP contribution in [0, 0.1) is 17.3 Å². The fraction of sp³-hybridized carbons (Fsp3) is 0.536. The van der Waals surface area contributed by atoms with E-state index in [1.165, 1.54) is 11.0 Å². The van der Waals surface area contributed by atoms with Gasteiger partial charge in [0.25, 0.3) is 11.8 Å². The van der Waals surface area contributed by atoms with Gasteiger partial charge in [0, 0.05) is 11.6 Å². The Morgan fingerprint density at radius 3 is 2.38 bits per heavy atom. The van der Waals surface area contributed by atoms with Crippen LogP contribution in [0.2, 0.25) is 5.02 Å². The van der Waals surface area contributed by atoms with Crippen LogP contribution in [0.3, 0.4) is 0 Å². The van der Waals surface area contributed by atoms with Gasteiger partial charge in [-0.15, -0.1) is 0 Å². The minimum absolute atomic E-state index is 0.0303. The lowest BCUT2D eigenvalue weighted by atomic mass is 9.85. The van der Waals surface area contributed by atoms with Gasteiger partial charge < -0.3 is 31.1 Å². The molecule has 2 bridgehead atoms. The van der Waals surface area contributed by atoms with Crippen LogP contribution in [0.1, 0.15) is 64.2 Å². The highest BCUT2D eigenvalue weighted by atomic mass is 35.5. The molecule has 4 amide bonds. The van der Waals surface area contributed by atoms with E-state index in [-0.39, 0.29) is 34.0 Å². The minimum Gasteiger partial charge on any atom is -0.481 e. The van der Waals surface area contributed by atoms with Gasteiger partial charge >= 0.3 is 5.97 Å². The summed E-state index contributed by atoms with van der Waals surface area (Å²) in [7, 11) is 0. The molecule has 2 aliphatic rings. The Hall–Kier alpha value is -3.44. The Labute approximate surface area is 238 Å². The quantitative estimate of drug-likeness (QED) is 0.285. The largest absolute Gasteiger partial charge is 0.481 e. The molecule has 3 rings (SSSR count). The smallest absolute Gasteiger partial charge is 0.305 e. The molecular formula is C28H37ClN4O7. The first-order valence-electron chi connectivity index (χ1n) is 13.2. The number of likely N-dealkylation sites (tertiary alicyclic amines) is 1. The van der Waals surface area contributed by atoms with Crippen molar-refractivity contribution in [3.05, 3.63) is 40.6 Å². The average Bonchev–Trinajstić information content (AvgIpc) is 3.48. The van der Waals surface area contributed by atoms with E-state index in [4.69, 9.17) is 16.7 Å². The summed E-state index contributed by atoms with van der Waals surface area (Å²) >= 11 is 6.48. The lowest BCUT2D eigenvalue weighted by Gasteiger charge is -2.38. The molecule has 4 atom stereocenters. The summed E-state index contributed by atoms with van der Waals surface area (Å²) in [6, 6.07) is 1.67. The third-order valence-electron chi connectivity index (χ3n) is 7.07. The van der Waals surface area contributed by atoms with E-state index >= 15 is 0 Å². The van der Waals surface area contributed by atoms with E-state index in [2.05, 4.69) is 16.0 Å². The standard InChI is InChI=1S/C28H37ClN4O7/c1-14(2)24(37)31-19-8-6-7-18(21(19)29)25(38)32-23(28(3,4)5)27(40)33-17-10-9-15(11-17)22(33)26(39)30-16(13-34)12-20(35)36/h6-8,10,14-16,22-23,34H,9,11-13H2,1-5H3,(H,30,39)(H,31,37)(H,32,38)(H,35,36)/t15?,16?,22-,23?/m0/s1. The number of carboxylic acids is 1. The highest BCUT2D eigenvalue weighted by Gasteiger charge is 2.50. The second-order valence-corrected chi connectivity index (χ2v) is 12.0. The molecule has 1 fully saturated rings. The molecule has 1 aliphatic carbocycles. The maximum atomic E-state index is 14.0. The number of amides is 4. The maximum Gasteiger partial charge on any atom is 0.305 e. The van der Waals surface area contributed by atoms with E-state index in [1.807, 2.05) is 6.08 Å². The Morgan fingerprint density at radius 1 is 1.12 bits per heavy atom. The van der Waals surface area contributed by atoms with Crippen LogP contribution in [-0.4, -0.2) is 69.4 Å². The van der Waals surface area contributed by atoms with E-state index in [0.717, 1.165) is 0 Å². The third-order valence-corrected chi connectivity index (χ3v) is 7.48. The number of hydrogen-bond acceptors (Lipinski definition) is 6. The van der Waals surface area contributed by atoms with E-state index in [9.17, 15) is 29.1 Å². The monoisotopic (exact) mass is 576 g/mol. The van der Waals surface area contributed by atoms with Crippen molar-refractivity contribution in [3.63, 3.8) is 0 Å². The topological polar surface area (TPSA) is 165 Å². The molecule has 0 radical (unpaired) electrons. The van der Waals surface area contributed by atoms with Crippen LogP contribution >= 0.6 is 11.6 Å². The second-order valence-electron chi connectivity index (χ2n) is 11.6. The summed E-state index contributed by atoms with van der Waals surface area (Å²) in [6.07, 6.45) is 2.48. The molecule has 1 aliphatic heterocycles. The minimum atomic E-state index is -1.18. The highest BCUT2D eigenvalue weighted by molar-refractivity contribution is 6.37. The summed E-state index contributed by atoms with van der Waals surface area (Å²) in [5.74, 6) is -3.62. The molecule has 12 heteroatoms. The zero-order valence-corrected chi connectivity index (χ0v) is 24.0. The van der Waals surface area contributed by atoms with Crippen LogP contribution in [-0.2, 0) is 19.2 Å². The fourth-order valence-electron chi connectivity index (χ4n) is 4.90. The summed E-state index contributed by atoms with van der Waals surface area (Å²) < 4.78 is 0. The molecule has 40 heavy (non-hydrogen) atoms. The molecule has 1 aromatic rings. The Morgan fingerprint density at radius 2 is 1.80 bits per heavy atom. The Bertz CT molecular complexity index is 1220. The Balaban J connectivity index is 1.87. The molecular weight excluding hydrogens is 540 g/mol. The van der Waals surface area contributed by atoms with Gasteiger partial charge in [0.05, 0.1) is 35.3 Å². The van der Waals surface area contributed by atoms with Gasteiger partial charge in [-0.3, -0.25) is 24.0 Å². The predicted molar refractivity (Wildman–Crippen MR) is 148 cm³/mol. The van der Waals surface area contributed by atoms with Gasteiger partial charge in [0.2, 0.25) is 11.8 Å². The van der Waals surface area contributed by atoms with Gasteiger partial charge in [-0.25, -0.2) is 0 Å². The molecule has 0 spiro atoms. The van der Waals surface area contributed by atoms with Gasteiger partial charge in [0.15, 0.2) is 0 Å². The number of carbonyl (C=O) groups excluding carboxylic acids is 4. The summed E-state index contributed by atoms with van der Waals surface area (Å²) in [6.45, 7) is 8.23. The van der Waals surface area contributed by atoms with E-state index in [0.29, 0.717) is 18.5 Å². The van der Waals surface area contributed by atoms with Crippen molar-refractivity contribution in [2.45, 2.75) is 72.0 Å². The van der Waals surface area contributed by atoms with Crippen LogP contribution < -0.4 is 16.0 Å². The number of halogens is 1. The zero-order valence-electron chi connectivity index (χ0n) is 23.3. The predicted octanol–water partition coefficient (Wildman–Crippen LogP) is 2.54. The number of anilines is 1.